The van der Waals surface area contributed by atoms with Crippen LogP contribution < -0.4 is 9.47 Å². The molecule has 0 aliphatic carbocycles. The Morgan fingerprint density at radius 2 is 1.87 bits per heavy atom. The second kappa shape index (κ2) is 8.84. The van der Waals surface area contributed by atoms with Gasteiger partial charge in [-0.05, 0) is 29.8 Å². The molecule has 3 rings (SSSR count). The minimum atomic E-state index is -0.774. The van der Waals surface area contributed by atoms with Gasteiger partial charge in [-0.25, -0.2) is 0 Å². The average molecular weight is 448 g/mol. The van der Waals surface area contributed by atoms with E-state index in [1.54, 1.807) is 12.1 Å². The zero-order chi connectivity index (χ0) is 21.8. The lowest BCUT2D eigenvalue weighted by Gasteiger charge is -2.11. The van der Waals surface area contributed by atoms with E-state index in [0.717, 1.165) is 23.2 Å². The Balaban J connectivity index is 1.87. The fraction of sp³-hybridized carbons (Fsp3) is 0.118. The number of hydrogen-bond donors (Lipinski definition) is 0. The zero-order valence-electron chi connectivity index (χ0n) is 15.2. The largest absolute Gasteiger partial charge is 0.493 e. The molecule has 1 aliphatic heterocycles. The SMILES string of the molecule is COc1cc(/C=N/N2C(=O)CSC2=S)ccc1Oc1ccc([N+](=O)[O-])cc1[N+](=O)[O-]. The summed E-state index contributed by atoms with van der Waals surface area (Å²) in [6, 6.07) is 7.69. The Kier molecular flexibility index (Phi) is 6.23. The second-order valence-corrected chi connectivity index (χ2v) is 7.29. The third kappa shape index (κ3) is 4.52. The van der Waals surface area contributed by atoms with Crippen LogP contribution in [0.4, 0.5) is 11.4 Å². The van der Waals surface area contributed by atoms with E-state index in [9.17, 15) is 25.0 Å². The molecule has 13 heteroatoms. The maximum atomic E-state index is 11.7. The molecule has 0 radical (unpaired) electrons. The van der Waals surface area contributed by atoms with Gasteiger partial charge in [0.25, 0.3) is 11.6 Å². The van der Waals surface area contributed by atoms with Gasteiger partial charge in [-0.1, -0.05) is 24.0 Å². The molecule has 30 heavy (non-hydrogen) atoms. The van der Waals surface area contributed by atoms with Gasteiger partial charge in [0.2, 0.25) is 5.75 Å². The Morgan fingerprint density at radius 1 is 1.13 bits per heavy atom. The van der Waals surface area contributed by atoms with Gasteiger partial charge in [-0.3, -0.25) is 25.0 Å². The molecule has 1 fully saturated rings. The van der Waals surface area contributed by atoms with Gasteiger partial charge >= 0.3 is 5.69 Å². The maximum absolute atomic E-state index is 11.7. The summed E-state index contributed by atoms with van der Waals surface area (Å²) in [5.74, 6) is 0.209. The first kappa shape index (κ1) is 21.1. The summed E-state index contributed by atoms with van der Waals surface area (Å²) in [7, 11) is 1.38. The van der Waals surface area contributed by atoms with Gasteiger partial charge in [-0.2, -0.15) is 10.1 Å². The standard InChI is InChI=1S/C17H12N4O7S2/c1-27-15-6-10(8-18-19-16(22)9-30-17(19)29)2-4-14(15)28-13-5-3-11(20(23)24)7-12(13)21(25)26/h2-8H,9H2,1H3/b18-8+. The number of nitrogens with zero attached hydrogens (tertiary/aromatic N) is 4. The topological polar surface area (TPSA) is 137 Å². The zero-order valence-corrected chi connectivity index (χ0v) is 16.8. The number of benzene rings is 2. The molecular formula is C17H12N4O7S2. The van der Waals surface area contributed by atoms with Gasteiger partial charge in [0.15, 0.2) is 15.8 Å². The van der Waals surface area contributed by atoms with Crippen LogP contribution >= 0.6 is 24.0 Å². The number of amides is 1. The van der Waals surface area contributed by atoms with Crippen LogP contribution in [0, 0.1) is 20.2 Å². The van der Waals surface area contributed by atoms with Gasteiger partial charge in [0.05, 0.1) is 35.0 Å². The molecule has 1 aliphatic rings. The fourth-order valence-electron chi connectivity index (χ4n) is 2.40. The van der Waals surface area contributed by atoms with Gasteiger partial charge in [0.1, 0.15) is 0 Å². The molecule has 154 valence electrons. The Hall–Kier alpha value is -3.58. The van der Waals surface area contributed by atoms with Gasteiger partial charge < -0.3 is 9.47 Å². The molecular weight excluding hydrogens is 436 g/mol. The van der Waals surface area contributed by atoms with Crippen molar-refractivity contribution in [3.8, 4) is 17.2 Å². The van der Waals surface area contributed by atoms with E-state index in [-0.39, 0.29) is 28.9 Å². The Bertz CT molecular complexity index is 1070. The Labute approximate surface area is 178 Å². The van der Waals surface area contributed by atoms with E-state index >= 15 is 0 Å². The molecule has 0 spiro atoms. The van der Waals surface area contributed by atoms with Crippen LogP contribution in [0.1, 0.15) is 5.56 Å². The smallest absolute Gasteiger partial charge is 0.318 e. The minimum Gasteiger partial charge on any atom is -0.493 e. The summed E-state index contributed by atoms with van der Waals surface area (Å²) in [5.41, 5.74) is -0.430. The predicted molar refractivity (Wildman–Crippen MR) is 112 cm³/mol. The first-order chi connectivity index (χ1) is 14.3. The molecule has 0 aromatic heterocycles. The van der Waals surface area contributed by atoms with Crippen molar-refractivity contribution in [3.63, 3.8) is 0 Å². The number of methoxy groups -OCH3 is 1. The molecule has 2 aromatic rings. The number of nitro groups is 2. The highest BCUT2D eigenvalue weighted by Crippen LogP contribution is 2.38. The van der Waals surface area contributed by atoms with Crippen LogP contribution in [0.2, 0.25) is 0 Å². The third-order valence-corrected chi connectivity index (χ3v) is 5.15. The number of ether oxygens (including phenoxy) is 2. The predicted octanol–water partition coefficient (Wildman–Crippen LogP) is 3.50. The van der Waals surface area contributed by atoms with Crippen LogP contribution in [0.5, 0.6) is 17.2 Å². The fourth-order valence-corrected chi connectivity index (χ4v) is 3.37. The highest BCUT2D eigenvalue weighted by atomic mass is 32.2. The average Bonchev–Trinajstić information content (AvgIpc) is 3.04. The van der Waals surface area contributed by atoms with E-state index in [1.165, 1.54) is 31.2 Å². The number of thiocarbonyl (C=S) groups is 1. The number of hydrazone groups is 1. The van der Waals surface area contributed by atoms with Crippen molar-refractivity contribution in [3.05, 3.63) is 62.2 Å². The van der Waals surface area contributed by atoms with E-state index in [4.69, 9.17) is 21.7 Å². The summed E-state index contributed by atoms with van der Waals surface area (Å²) in [6.45, 7) is 0. The van der Waals surface area contributed by atoms with E-state index in [0.29, 0.717) is 9.88 Å². The molecule has 0 bridgehead atoms. The number of hydrogen-bond acceptors (Lipinski definition) is 10. The van der Waals surface area contributed by atoms with Crippen molar-refractivity contribution < 1.29 is 24.1 Å². The summed E-state index contributed by atoms with van der Waals surface area (Å²) in [6.07, 6.45) is 1.41. The highest BCUT2D eigenvalue weighted by molar-refractivity contribution is 8.23. The molecule has 2 aromatic carbocycles. The minimum absolute atomic E-state index is 0.148. The quantitative estimate of drug-likeness (QED) is 0.269. The van der Waals surface area contributed by atoms with E-state index < -0.39 is 21.2 Å². The normalized spacial score (nSPS) is 13.7. The summed E-state index contributed by atoms with van der Waals surface area (Å²) < 4.78 is 11.2. The van der Waals surface area contributed by atoms with E-state index in [1.807, 2.05) is 0 Å². The van der Waals surface area contributed by atoms with Crippen molar-refractivity contribution >= 4 is 51.8 Å². The van der Waals surface area contributed by atoms with Crippen LogP contribution in [-0.4, -0.2) is 44.2 Å². The van der Waals surface area contributed by atoms with Crippen LogP contribution in [-0.2, 0) is 4.79 Å². The molecule has 1 heterocycles. The van der Waals surface area contributed by atoms with Crippen molar-refractivity contribution in [1.29, 1.82) is 0 Å². The number of carbonyl (C=O) groups excluding carboxylic acids is 1. The number of carbonyl (C=O) groups is 1. The lowest BCUT2D eigenvalue weighted by molar-refractivity contribution is -0.394. The van der Waals surface area contributed by atoms with Crippen LogP contribution in [0.25, 0.3) is 0 Å². The number of nitro benzene ring substituents is 2. The molecule has 0 unspecified atom stereocenters. The maximum Gasteiger partial charge on any atom is 0.318 e. The molecule has 1 saturated heterocycles. The van der Waals surface area contributed by atoms with Crippen molar-refractivity contribution in [2.24, 2.45) is 5.10 Å². The van der Waals surface area contributed by atoms with Crippen LogP contribution in [0.3, 0.4) is 0 Å². The Morgan fingerprint density at radius 3 is 2.47 bits per heavy atom. The number of non-ortho nitro benzene ring substituents is 1. The molecule has 1 amide bonds. The van der Waals surface area contributed by atoms with Gasteiger partial charge in [-0.15, -0.1) is 0 Å². The monoisotopic (exact) mass is 448 g/mol. The number of rotatable bonds is 7. The molecule has 11 nitrogen and oxygen atoms in total. The lowest BCUT2D eigenvalue weighted by atomic mass is 10.2. The molecule has 0 saturated carbocycles. The summed E-state index contributed by atoms with van der Waals surface area (Å²) in [5, 5.41) is 27.3. The van der Waals surface area contributed by atoms with Crippen molar-refractivity contribution in [1.82, 2.24) is 5.01 Å². The first-order valence-electron chi connectivity index (χ1n) is 8.12. The van der Waals surface area contributed by atoms with Gasteiger partial charge in [0, 0.05) is 6.07 Å². The second-order valence-electron chi connectivity index (χ2n) is 5.68. The highest BCUT2D eigenvalue weighted by Gasteiger charge is 2.26. The third-order valence-electron chi connectivity index (χ3n) is 3.81. The van der Waals surface area contributed by atoms with Crippen LogP contribution in [0.15, 0.2) is 41.5 Å². The first-order valence-corrected chi connectivity index (χ1v) is 9.52. The van der Waals surface area contributed by atoms with E-state index in [2.05, 4.69) is 5.10 Å². The number of thioether (sulfide) groups is 1. The summed E-state index contributed by atoms with van der Waals surface area (Å²) in [4.78, 5) is 32.3. The van der Waals surface area contributed by atoms with Crippen molar-refractivity contribution in [2.45, 2.75) is 0 Å². The summed E-state index contributed by atoms with van der Waals surface area (Å²) >= 11 is 6.26. The molecule has 0 atom stereocenters. The molecule has 0 N–H and O–H groups in total. The lowest BCUT2D eigenvalue weighted by Crippen LogP contribution is -2.22. The van der Waals surface area contributed by atoms with Crippen molar-refractivity contribution in [2.75, 3.05) is 12.9 Å².